The Morgan fingerprint density at radius 2 is 2.24 bits per heavy atom. The minimum Gasteiger partial charge on any atom is -0.390 e. The van der Waals surface area contributed by atoms with E-state index >= 15 is 0 Å². The molecule has 4 rings (SSSR count). The molecule has 0 aromatic carbocycles. The van der Waals surface area contributed by atoms with Crippen LogP contribution in [0.2, 0.25) is 0 Å². The van der Waals surface area contributed by atoms with Gasteiger partial charge in [0.2, 0.25) is 0 Å². The van der Waals surface area contributed by atoms with E-state index in [2.05, 4.69) is 28.4 Å². The highest BCUT2D eigenvalue weighted by molar-refractivity contribution is 7.20. The minimum atomic E-state index is 0.739. The number of nitrogen functional groups attached to an aromatic ring is 1. The molecule has 0 atom stereocenters. The summed E-state index contributed by atoms with van der Waals surface area (Å²) in [4.78, 5) is 1.19. The summed E-state index contributed by atoms with van der Waals surface area (Å²) >= 11 is 1.58. The average Bonchev–Trinajstić information content (AvgIpc) is 3.07. The largest absolute Gasteiger partial charge is 0.390 e. The van der Waals surface area contributed by atoms with Crippen LogP contribution >= 0.6 is 11.3 Å². The van der Waals surface area contributed by atoms with Gasteiger partial charge in [0.15, 0.2) is 0 Å². The molecular weight excluding hydrogens is 280 g/mol. The van der Waals surface area contributed by atoms with Gasteiger partial charge in [0.05, 0.1) is 5.00 Å². The third kappa shape index (κ3) is 1.81. The SMILES string of the molecule is N=Cc1c(N)sc2c1CCc1[nH]nc(C3=CCCC=C3)c1-2. The topological polar surface area (TPSA) is 78.5 Å². The van der Waals surface area contributed by atoms with Crippen molar-refractivity contribution < 1.29 is 0 Å². The summed E-state index contributed by atoms with van der Waals surface area (Å²) in [5.41, 5.74) is 12.8. The molecule has 0 spiro atoms. The van der Waals surface area contributed by atoms with Crippen molar-refractivity contribution in [3.8, 4) is 10.4 Å². The molecule has 2 heterocycles. The zero-order chi connectivity index (χ0) is 14.4. The van der Waals surface area contributed by atoms with Gasteiger partial charge in [0.25, 0.3) is 0 Å². The molecule has 0 saturated heterocycles. The molecule has 2 aromatic rings. The number of nitrogens with zero attached hydrogens (tertiary/aromatic N) is 1. The van der Waals surface area contributed by atoms with Gasteiger partial charge in [0, 0.05) is 27.9 Å². The van der Waals surface area contributed by atoms with Crippen molar-refractivity contribution in [1.29, 1.82) is 5.41 Å². The highest BCUT2D eigenvalue weighted by Crippen LogP contribution is 2.45. The Bertz CT molecular complexity index is 792. The van der Waals surface area contributed by atoms with Crippen molar-refractivity contribution in [1.82, 2.24) is 10.2 Å². The van der Waals surface area contributed by atoms with Gasteiger partial charge >= 0.3 is 0 Å². The van der Waals surface area contributed by atoms with Crippen LogP contribution in [0.25, 0.3) is 16.0 Å². The van der Waals surface area contributed by atoms with E-state index in [0.717, 1.165) is 41.9 Å². The van der Waals surface area contributed by atoms with Crippen molar-refractivity contribution in [2.45, 2.75) is 25.7 Å². The Morgan fingerprint density at radius 3 is 3.00 bits per heavy atom. The predicted molar refractivity (Wildman–Crippen MR) is 88.0 cm³/mol. The Kier molecular flexibility index (Phi) is 2.82. The van der Waals surface area contributed by atoms with Gasteiger partial charge in [0.1, 0.15) is 5.69 Å². The zero-order valence-corrected chi connectivity index (χ0v) is 12.4. The second kappa shape index (κ2) is 4.70. The molecule has 0 aliphatic heterocycles. The predicted octanol–water partition coefficient (Wildman–Crippen LogP) is 3.55. The van der Waals surface area contributed by atoms with Crippen LogP contribution in [-0.2, 0) is 12.8 Å². The maximum atomic E-state index is 7.59. The number of fused-ring (bicyclic) bond motifs is 3. The fourth-order valence-corrected chi connectivity index (χ4v) is 4.33. The van der Waals surface area contributed by atoms with Gasteiger partial charge in [-0.05, 0) is 36.8 Å². The van der Waals surface area contributed by atoms with E-state index in [1.54, 1.807) is 11.3 Å². The van der Waals surface area contributed by atoms with Crippen LogP contribution in [-0.4, -0.2) is 16.4 Å². The van der Waals surface area contributed by atoms with E-state index in [-0.39, 0.29) is 0 Å². The molecule has 2 aliphatic rings. The fraction of sp³-hybridized carbons (Fsp3) is 0.250. The average molecular weight is 296 g/mol. The molecule has 0 bridgehead atoms. The summed E-state index contributed by atoms with van der Waals surface area (Å²) in [5.74, 6) is 0. The highest BCUT2D eigenvalue weighted by Gasteiger charge is 2.28. The van der Waals surface area contributed by atoms with Gasteiger partial charge in [-0.15, -0.1) is 11.3 Å². The van der Waals surface area contributed by atoms with E-state index in [4.69, 9.17) is 11.1 Å². The third-order valence-corrected chi connectivity index (χ3v) is 5.28. The Balaban J connectivity index is 1.93. The van der Waals surface area contributed by atoms with Gasteiger partial charge in [-0.2, -0.15) is 5.10 Å². The number of aryl methyl sites for hydroxylation is 1. The first-order chi connectivity index (χ1) is 10.3. The van der Waals surface area contributed by atoms with Crippen LogP contribution in [0.15, 0.2) is 18.2 Å². The number of thiophene rings is 1. The number of H-pyrrole nitrogens is 1. The quantitative estimate of drug-likeness (QED) is 0.741. The highest BCUT2D eigenvalue weighted by atomic mass is 32.1. The van der Waals surface area contributed by atoms with E-state index in [9.17, 15) is 0 Å². The van der Waals surface area contributed by atoms with E-state index in [1.807, 2.05) is 0 Å². The van der Waals surface area contributed by atoms with Gasteiger partial charge in [-0.1, -0.05) is 18.2 Å². The lowest BCUT2D eigenvalue weighted by Gasteiger charge is -2.14. The third-order valence-electron chi connectivity index (χ3n) is 4.18. The van der Waals surface area contributed by atoms with Gasteiger partial charge in [-0.25, -0.2) is 0 Å². The minimum absolute atomic E-state index is 0.739. The first-order valence-electron chi connectivity index (χ1n) is 7.16. The second-order valence-corrected chi connectivity index (χ2v) is 6.45. The molecule has 0 fully saturated rings. The summed E-state index contributed by atoms with van der Waals surface area (Å²) in [7, 11) is 0. The number of hydrogen-bond acceptors (Lipinski definition) is 4. The van der Waals surface area contributed by atoms with Crippen LogP contribution in [0.1, 0.15) is 35.4 Å². The number of allylic oxidation sites excluding steroid dienone is 4. The van der Waals surface area contributed by atoms with E-state index in [0.29, 0.717) is 0 Å². The van der Waals surface area contributed by atoms with E-state index < -0.39 is 0 Å². The number of aromatic amines is 1. The Labute approximate surface area is 126 Å². The molecular formula is C16H16N4S. The summed E-state index contributed by atoms with van der Waals surface area (Å²) in [6.07, 6.45) is 12.0. The standard InChI is InChI=1S/C16H16N4S/c17-8-11-10-6-7-12-13(15(10)21-16(11)18)14(20-19-12)9-4-2-1-3-5-9/h2,4-5,8,17H,1,3,6-7,18H2,(H,19,20). The number of aromatic nitrogens is 2. The normalized spacial score (nSPS) is 16.3. The summed E-state index contributed by atoms with van der Waals surface area (Å²) in [6, 6.07) is 0. The molecule has 4 N–H and O–H groups in total. The lowest BCUT2D eigenvalue weighted by Crippen LogP contribution is -2.03. The lowest BCUT2D eigenvalue weighted by atomic mass is 9.90. The summed E-state index contributed by atoms with van der Waals surface area (Å²) in [6.45, 7) is 0. The van der Waals surface area contributed by atoms with Crippen LogP contribution in [0.3, 0.4) is 0 Å². The molecule has 2 aliphatic carbocycles. The number of nitrogens with one attached hydrogen (secondary N) is 2. The molecule has 2 aromatic heterocycles. The molecule has 5 heteroatoms. The Morgan fingerprint density at radius 1 is 1.33 bits per heavy atom. The number of nitrogens with two attached hydrogens (primary N) is 1. The lowest BCUT2D eigenvalue weighted by molar-refractivity contribution is 0.885. The molecule has 0 amide bonds. The molecule has 106 valence electrons. The van der Waals surface area contributed by atoms with Crippen molar-refractivity contribution in [3.05, 3.63) is 40.7 Å². The van der Waals surface area contributed by atoms with Crippen molar-refractivity contribution >= 4 is 28.1 Å². The molecule has 4 nitrogen and oxygen atoms in total. The monoisotopic (exact) mass is 296 g/mol. The number of hydrogen-bond donors (Lipinski definition) is 3. The van der Waals surface area contributed by atoms with Crippen LogP contribution in [0.5, 0.6) is 0 Å². The summed E-state index contributed by atoms with van der Waals surface area (Å²) in [5, 5.41) is 16.1. The van der Waals surface area contributed by atoms with Crippen molar-refractivity contribution in [2.24, 2.45) is 0 Å². The zero-order valence-electron chi connectivity index (χ0n) is 11.6. The fourth-order valence-electron chi connectivity index (χ4n) is 3.16. The van der Waals surface area contributed by atoms with Gasteiger partial charge < -0.3 is 11.1 Å². The van der Waals surface area contributed by atoms with Crippen molar-refractivity contribution in [3.63, 3.8) is 0 Å². The maximum absolute atomic E-state index is 7.59. The molecule has 21 heavy (non-hydrogen) atoms. The number of anilines is 1. The van der Waals surface area contributed by atoms with Crippen LogP contribution < -0.4 is 5.73 Å². The van der Waals surface area contributed by atoms with E-state index in [1.165, 1.54) is 33.5 Å². The number of rotatable bonds is 2. The van der Waals surface area contributed by atoms with Gasteiger partial charge in [-0.3, -0.25) is 5.10 Å². The Hall–Kier alpha value is -2.14. The summed E-state index contributed by atoms with van der Waals surface area (Å²) < 4.78 is 0. The van der Waals surface area contributed by atoms with Crippen LogP contribution in [0.4, 0.5) is 5.00 Å². The second-order valence-electron chi connectivity index (χ2n) is 5.40. The first-order valence-corrected chi connectivity index (χ1v) is 7.97. The smallest absolute Gasteiger partial charge is 0.101 e. The van der Waals surface area contributed by atoms with Crippen molar-refractivity contribution in [2.75, 3.05) is 5.73 Å². The van der Waals surface area contributed by atoms with Crippen LogP contribution in [0, 0.1) is 5.41 Å². The molecule has 0 radical (unpaired) electrons. The molecule has 0 unspecified atom stereocenters. The molecule has 0 saturated carbocycles. The first kappa shape index (κ1) is 12.6. The maximum Gasteiger partial charge on any atom is 0.101 e.